The molecule has 5 aromatic carbocycles. The maximum atomic E-state index is 4.82. The van der Waals surface area contributed by atoms with Crippen LogP contribution in [-0.2, 0) is 0 Å². The molecule has 34 heavy (non-hydrogen) atoms. The molecule has 0 saturated carbocycles. The zero-order chi connectivity index (χ0) is 23.0. The lowest BCUT2D eigenvalue weighted by molar-refractivity contribution is 1.45. The Morgan fingerprint density at radius 2 is 0.706 bits per heavy atom. The molecule has 5 aromatic rings. The Morgan fingerprint density at radius 3 is 1.15 bits per heavy atom. The molecule has 0 aliphatic heterocycles. The van der Waals surface area contributed by atoms with Crippen molar-refractivity contribution in [1.29, 1.82) is 0 Å². The summed E-state index contributed by atoms with van der Waals surface area (Å²) in [6, 6.07) is 45.4. The first-order chi connectivity index (χ1) is 16.9. The molecule has 2 nitrogen and oxygen atoms in total. The minimum atomic E-state index is 0.832. The van der Waals surface area contributed by atoms with Gasteiger partial charge in [-0.1, -0.05) is 121 Å². The molecular formula is C32H24N2. The van der Waals surface area contributed by atoms with Crippen LogP contribution in [0.15, 0.2) is 143 Å². The van der Waals surface area contributed by atoms with Crippen molar-refractivity contribution in [3.63, 3.8) is 0 Å². The third-order valence-corrected chi connectivity index (χ3v) is 5.66. The third kappa shape index (κ3) is 4.92. The first kappa shape index (κ1) is 21.3. The fraction of sp³-hybridized carbons (Fsp3) is 0. The molecule has 0 aliphatic carbocycles. The van der Waals surface area contributed by atoms with E-state index in [1.165, 1.54) is 11.1 Å². The topological polar surface area (TPSA) is 24.7 Å². The van der Waals surface area contributed by atoms with Crippen LogP contribution in [0.25, 0.3) is 22.3 Å². The van der Waals surface area contributed by atoms with Gasteiger partial charge < -0.3 is 0 Å². The molecule has 0 fully saturated rings. The van der Waals surface area contributed by atoms with Gasteiger partial charge in [-0.15, -0.1) is 0 Å². The minimum absolute atomic E-state index is 0.832. The molecule has 0 heterocycles. The van der Waals surface area contributed by atoms with Crippen molar-refractivity contribution >= 4 is 23.8 Å². The van der Waals surface area contributed by atoms with E-state index in [9.17, 15) is 0 Å². The maximum Gasteiger partial charge on any atom is 0.0886 e. The van der Waals surface area contributed by atoms with E-state index >= 15 is 0 Å². The average molecular weight is 437 g/mol. The van der Waals surface area contributed by atoms with E-state index < -0.39 is 0 Å². The molecule has 0 aromatic heterocycles. The summed E-state index contributed by atoms with van der Waals surface area (Å²) in [5, 5.41) is 0. The molecule has 0 radical (unpaired) electrons. The number of aliphatic imine (C=N–C) groups is 2. The van der Waals surface area contributed by atoms with Gasteiger partial charge in [0.05, 0.1) is 11.4 Å². The van der Waals surface area contributed by atoms with Gasteiger partial charge in [0.2, 0.25) is 0 Å². The standard InChI is InChI=1S/C32H24N2/c1-3-13-25(14-4-1)29-19-9-7-17-27(29)23-33-31-21-11-12-22-32(31)34-24-28-18-8-10-20-30(28)26-15-5-2-6-16-26/h1-24H. The van der Waals surface area contributed by atoms with Crippen LogP contribution in [0.4, 0.5) is 11.4 Å². The maximum absolute atomic E-state index is 4.82. The van der Waals surface area contributed by atoms with Crippen LogP contribution in [0.3, 0.4) is 0 Å². The van der Waals surface area contributed by atoms with E-state index in [1.807, 2.05) is 61.0 Å². The van der Waals surface area contributed by atoms with Crippen molar-refractivity contribution in [2.75, 3.05) is 0 Å². The Balaban J connectivity index is 1.46. The van der Waals surface area contributed by atoms with Crippen molar-refractivity contribution in [3.8, 4) is 22.3 Å². The number of hydrogen-bond acceptors (Lipinski definition) is 2. The van der Waals surface area contributed by atoms with Gasteiger partial charge in [0.1, 0.15) is 0 Å². The van der Waals surface area contributed by atoms with E-state index in [0.29, 0.717) is 0 Å². The average Bonchev–Trinajstić information content (AvgIpc) is 2.92. The summed E-state index contributed by atoms with van der Waals surface area (Å²) >= 11 is 0. The molecule has 0 atom stereocenters. The number of para-hydroxylation sites is 2. The highest BCUT2D eigenvalue weighted by Crippen LogP contribution is 2.29. The normalized spacial score (nSPS) is 11.3. The van der Waals surface area contributed by atoms with Crippen LogP contribution < -0.4 is 0 Å². The predicted octanol–water partition coefficient (Wildman–Crippen LogP) is 8.52. The summed E-state index contributed by atoms with van der Waals surface area (Å²) in [7, 11) is 0. The Morgan fingerprint density at radius 1 is 0.353 bits per heavy atom. The van der Waals surface area contributed by atoms with Crippen LogP contribution in [0.1, 0.15) is 11.1 Å². The van der Waals surface area contributed by atoms with Crippen LogP contribution in [-0.4, -0.2) is 12.4 Å². The summed E-state index contributed by atoms with van der Waals surface area (Å²) in [5.74, 6) is 0. The third-order valence-electron chi connectivity index (χ3n) is 5.66. The first-order valence-electron chi connectivity index (χ1n) is 11.3. The number of hydrogen-bond donors (Lipinski definition) is 0. The molecule has 0 saturated heterocycles. The molecular weight excluding hydrogens is 412 g/mol. The van der Waals surface area contributed by atoms with Gasteiger partial charge in [0.25, 0.3) is 0 Å². The summed E-state index contributed by atoms with van der Waals surface area (Å²) < 4.78 is 0. The Kier molecular flexibility index (Phi) is 6.50. The smallest absolute Gasteiger partial charge is 0.0886 e. The quantitative estimate of drug-likeness (QED) is 0.238. The number of benzene rings is 5. The molecule has 0 aliphatic rings. The van der Waals surface area contributed by atoms with Crippen molar-refractivity contribution in [2.45, 2.75) is 0 Å². The largest absolute Gasteiger partial charge is 0.254 e. The molecule has 162 valence electrons. The van der Waals surface area contributed by atoms with Crippen molar-refractivity contribution in [3.05, 3.63) is 145 Å². The zero-order valence-corrected chi connectivity index (χ0v) is 18.8. The van der Waals surface area contributed by atoms with E-state index in [-0.39, 0.29) is 0 Å². The Labute approximate surface area is 200 Å². The highest BCUT2D eigenvalue weighted by Gasteiger charge is 2.05. The molecule has 0 spiro atoms. The van der Waals surface area contributed by atoms with Gasteiger partial charge in [-0.25, -0.2) is 0 Å². The monoisotopic (exact) mass is 436 g/mol. The van der Waals surface area contributed by atoms with Crippen LogP contribution in [0.2, 0.25) is 0 Å². The van der Waals surface area contributed by atoms with Crippen molar-refractivity contribution in [2.24, 2.45) is 9.98 Å². The van der Waals surface area contributed by atoms with E-state index in [1.54, 1.807) is 0 Å². The molecule has 0 N–H and O–H groups in total. The fourth-order valence-corrected chi connectivity index (χ4v) is 3.94. The predicted molar refractivity (Wildman–Crippen MR) is 145 cm³/mol. The van der Waals surface area contributed by atoms with Gasteiger partial charge in [0.15, 0.2) is 0 Å². The van der Waals surface area contributed by atoms with Gasteiger partial charge in [-0.3, -0.25) is 9.98 Å². The zero-order valence-electron chi connectivity index (χ0n) is 18.8. The molecule has 0 bridgehead atoms. The summed E-state index contributed by atoms with van der Waals surface area (Å²) in [6.45, 7) is 0. The second-order valence-electron chi connectivity index (χ2n) is 7.91. The highest BCUT2D eigenvalue weighted by atomic mass is 14.8. The fourth-order valence-electron chi connectivity index (χ4n) is 3.94. The van der Waals surface area contributed by atoms with E-state index in [0.717, 1.165) is 33.6 Å². The molecule has 0 amide bonds. The Hall–Kier alpha value is -4.56. The summed E-state index contributed by atoms with van der Waals surface area (Å²) in [4.78, 5) is 9.63. The number of rotatable bonds is 6. The lowest BCUT2D eigenvalue weighted by Crippen LogP contribution is -1.88. The number of nitrogens with zero attached hydrogens (tertiary/aromatic N) is 2. The highest BCUT2D eigenvalue weighted by molar-refractivity contribution is 5.94. The van der Waals surface area contributed by atoms with Crippen LogP contribution >= 0.6 is 0 Å². The van der Waals surface area contributed by atoms with Crippen molar-refractivity contribution in [1.82, 2.24) is 0 Å². The van der Waals surface area contributed by atoms with Gasteiger partial charge >= 0.3 is 0 Å². The summed E-state index contributed by atoms with van der Waals surface area (Å²) in [5.41, 5.74) is 8.47. The molecule has 5 rings (SSSR count). The van der Waals surface area contributed by atoms with E-state index in [2.05, 4.69) is 84.9 Å². The molecule has 2 heteroatoms. The lowest BCUT2D eigenvalue weighted by atomic mass is 10.0. The first-order valence-corrected chi connectivity index (χ1v) is 11.3. The second-order valence-corrected chi connectivity index (χ2v) is 7.91. The Bertz CT molecular complexity index is 1320. The second kappa shape index (κ2) is 10.4. The minimum Gasteiger partial charge on any atom is -0.254 e. The van der Waals surface area contributed by atoms with Crippen molar-refractivity contribution < 1.29 is 0 Å². The van der Waals surface area contributed by atoms with Crippen LogP contribution in [0.5, 0.6) is 0 Å². The van der Waals surface area contributed by atoms with E-state index in [4.69, 9.17) is 9.98 Å². The summed E-state index contributed by atoms with van der Waals surface area (Å²) in [6.07, 6.45) is 3.85. The SMILES string of the molecule is C(=Nc1ccccc1N=Cc1ccccc1-c1ccccc1)c1ccccc1-c1ccccc1. The molecule has 0 unspecified atom stereocenters. The van der Waals surface area contributed by atoms with Gasteiger partial charge in [-0.2, -0.15) is 0 Å². The van der Waals surface area contributed by atoms with Gasteiger partial charge in [-0.05, 0) is 34.4 Å². The van der Waals surface area contributed by atoms with Gasteiger partial charge in [0, 0.05) is 23.6 Å². The van der Waals surface area contributed by atoms with Crippen LogP contribution in [0, 0.1) is 0 Å². The lowest BCUT2D eigenvalue weighted by Gasteiger charge is -2.07.